The van der Waals surface area contributed by atoms with Crippen LogP contribution in [0.2, 0.25) is 0 Å². The second-order valence-corrected chi connectivity index (χ2v) is 5.84. The summed E-state index contributed by atoms with van der Waals surface area (Å²) in [5.74, 6) is 0. The Bertz CT molecular complexity index is 360. The van der Waals surface area contributed by atoms with Crippen LogP contribution in [0.4, 0.5) is 0 Å². The van der Waals surface area contributed by atoms with Gasteiger partial charge in [-0.2, -0.15) is 0 Å². The first-order valence-electron chi connectivity index (χ1n) is 4.40. The van der Waals surface area contributed by atoms with Crippen LogP contribution in [0.3, 0.4) is 0 Å². The van der Waals surface area contributed by atoms with Gasteiger partial charge < -0.3 is 17.3 Å². The van der Waals surface area contributed by atoms with Gasteiger partial charge in [-0.3, -0.25) is 0 Å². The Morgan fingerprint density at radius 1 is 0.933 bits per heavy atom. The zero-order valence-electron chi connectivity index (χ0n) is 8.57. The fourth-order valence-electron chi connectivity index (χ4n) is 1.49. The minimum Gasteiger partial charge on any atom is -0.364 e. The van der Waals surface area contributed by atoms with E-state index in [1.807, 2.05) is 20.9 Å². The summed E-state index contributed by atoms with van der Waals surface area (Å²) in [4.78, 5) is 8.00. The SMILES string of the molecule is CO[Si](OC)(n1ccnc1)n1ccnc1. The third kappa shape index (κ3) is 1.50. The van der Waals surface area contributed by atoms with Crippen LogP contribution < -0.4 is 0 Å². The molecule has 6 nitrogen and oxygen atoms in total. The average molecular weight is 224 g/mol. The van der Waals surface area contributed by atoms with Gasteiger partial charge in [-0.15, -0.1) is 0 Å². The molecule has 0 radical (unpaired) electrons. The van der Waals surface area contributed by atoms with Gasteiger partial charge in [0.2, 0.25) is 0 Å². The monoisotopic (exact) mass is 224 g/mol. The first kappa shape index (κ1) is 10.1. The molecule has 2 aromatic rings. The van der Waals surface area contributed by atoms with E-state index in [9.17, 15) is 0 Å². The molecule has 0 bridgehead atoms. The average Bonchev–Trinajstić information content (AvgIpc) is 2.92. The molecule has 15 heavy (non-hydrogen) atoms. The second-order valence-electron chi connectivity index (χ2n) is 2.90. The van der Waals surface area contributed by atoms with Crippen LogP contribution >= 0.6 is 0 Å². The van der Waals surface area contributed by atoms with Crippen LogP contribution in [0, 0.1) is 0 Å². The molecule has 0 spiro atoms. The molecule has 0 aliphatic carbocycles. The topological polar surface area (TPSA) is 54.1 Å². The van der Waals surface area contributed by atoms with Gasteiger partial charge in [0, 0.05) is 39.0 Å². The molecule has 0 unspecified atom stereocenters. The standard InChI is InChI=1S/C8H12N4O2Si/c1-13-15(14-2,11-5-3-9-7-11)12-6-4-10-8-12/h3-8H,1-2H3. The van der Waals surface area contributed by atoms with Crippen molar-refractivity contribution in [2.24, 2.45) is 0 Å². The maximum absolute atomic E-state index is 5.54. The van der Waals surface area contributed by atoms with E-state index in [4.69, 9.17) is 8.85 Å². The van der Waals surface area contributed by atoms with Gasteiger partial charge in [0.25, 0.3) is 0 Å². The third-order valence-corrected chi connectivity index (χ3v) is 5.09. The van der Waals surface area contributed by atoms with Crippen LogP contribution in [0.5, 0.6) is 0 Å². The quantitative estimate of drug-likeness (QED) is 0.696. The molecule has 7 heteroatoms. The summed E-state index contributed by atoms with van der Waals surface area (Å²) < 4.78 is 14.8. The predicted octanol–water partition coefficient (Wildman–Crippen LogP) is 0.204. The Labute approximate surface area is 88.5 Å². The van der Waals surface area contributed by atoms with E-state index in [1.165, 1.54) is 0 Å². The van der Waals surface area contributed by atoms with E-state index >= 15 is 0 Å². The highest BCUT2D eigenvalue weighted by atomic mass is 28.4. The summed E-state index contributed by atoms with van der Waals surface area (Å²) in [5.41, 5.74) is 0. The van der Waals surface area contributed by atoms with Gasteiger partial charge in [0.15, 0.2) is 0 Å². The molecule has 2 rings (SSSR count). The molecule has 0 saturated carbocycles. The summed E-state index contributed by atoms with van der Waals surface area (Å²) in [5, 5.41) is 0. The highest BCUT2D eigenvalue weighted by molar-refractivity contribution is 6.63. The van der Waals surface area contributed by atoms with Crippen molar-refractivity contribution in [3.8, 4) is 0 Å². The fourth-order valence-corrected chi connectivity index (χ4v) is 3.70. The third-order valence-electron chi connectivity index (χ3n) is 2.19. The number of rotatable bonds is 4. The van der Waals surface area contributed by atoms with Crippen LogP contribution in [-0.2, 0) is 8.85 Å². The zero-order chi connectivity index (χ0) is 10.7. The largest absolute Gasteiger partial charge is 0.598 e. The molecule has 2 heterocycles. The van der Waals surface area contributed by atoms with Gasteiger partial charge in [0.05, 0.1) is 12.7 Å². The van der Waals surface area contributed by atoms with Gasteiger partial charge in [-0.25, -0.2) is 9.97 Å². The number of hydrogen-bond acceptors (Lipinski definition) is 4. The maximum atomic E-state index is 5.54. The first-order valence-corrected chi connectivity index (χ1v) is 6.12. The van der Waals surface area contributed by atoms with Crippen LogP contribution in [0.25, 0.3) is 0 Å². The Hall–Kier alpha value is -1.44. The molecule has 0 aromatic carbocycles. The van der Waals surface area contributed by atoms with Crippen molar-refractivity contribution in [3.05, 3.63) is 37.4 Å². The van der Waals surface area contributed by atoms with Gasteiger partial charge in [-0.05, 0) is 0 Å². The van der Waals surface area contributed by atoms with E-state index in [-0.39, 0.29) is 0 Å². The lowest BCUT2D eigenvalue weighted by Gasteiger charge is -2.27. The van der Waals surface area contributed by atoms with Gasteiger partial charge in [0.1, 0.15) is 0 Å². The molecule has 0 aliphatic rings. The van der Waals surface area contributed by atoms with Crippen molar-refractivity contribution >= 4 is 8.88 Å². The normalized spacial score (nSPS) is 11.9. The number of imidazole rings is 2. The van der Waals surface area contributed by atoms with Crippen molar-refractivity contribution in [1.29, 1.82) is 0 Å². The Morgan fingerprint density at radius 2 is 1.40 bits per heavy atom. The number of hydrogen-bond donors (Lipinski definition) is 0. The van der Waals surface area contributed by atoms with E-state index in [1.54, 1.807) is 39.3 Å². The highest BCUT2D eigenvalue weighted by Gasteiger charge is 2.43. The van der Waals surface area contributed by atoms with Crippen LogP contribution in [0.1, 0.15) is 0 Å². The molecule has 0 saturated heterocycles. The van der Waals surface area contributed by atoms with Crippen LogP contribution in [-0.4, -0.2) is 41.5 Å². The lowest BCUT2D eigenvalue weighted by Crippen LogP contribution is -2.54. The fraction of sp³-hybridized carbons (Fsp3) is 0.250. The minimum atomic E-state index is -2.68. The molecule has 0 atom stereocenters. The summed E-state index contributed by atoms with van der Waals surface area (Å²) in [6, 6.07) is 0. The van der Waals surface area contributed by atoms with Crippen molar-refractivity contribution in [2.75, 3.05) is 14.2 Å². The Balaban J connectivity index is 2.50. The van der Waals surface area contributed by atoms with Crippen molar-refractivity contribution in [1.82, 2.24) is 18.4 Å². The maximum Gasteiger partial charge on any atom is 0.598 e. The summed E-state index contributed by atoms with van der Waals surface area (Å²) in [6.07, 6.45) is 10.4. The lowest BCUT2D eigenvalue weighted by atomic mass is 11.0. The molecule has 0 amide bonds. The molecule has 0 fully saturated rings. The summed E-state index contributed by atoms with van der Waals surface area (Å²) >= 11 is 0. The smallest absolute Gasteiger partial charge is 0.364 e. The molecular weight excluding hydrogens is 212 g/mol. The van der Waals surface area contributed by atoms with Crippen LogP contribution in [0.15, 0.2) is 37.4 Å². The zero-order valence-corrected chi connectivity index (χ0v) is 9.57. The van der Waals surface area contributed by atoms with Crippen molar-refractivity contribution < 1.29 is 8.85 Å². The molecule has 80 valence electrons. The van der Waals surface area contributed by atoms with Gasteiger partial charge in [-0.1, -0.05) is 0 Å². The van der Waals surface area contributed by atoms with E-state index < -0.39 is 8.88 Å². The second kappa shape index (κ2) is 3.97. The minimum absolute atomic E-state index is 1.62. The van der Waals surface area contributed by atoms with E-state index in [0.29, 0.717) is 0 Å². The molecule has 0 N–H and O–H groups in total. The summed E-state index contributed by atoms with van der Waals surface area (Å²) in [7, 11) is 0.559. The van der Waals surface area contributed by atoms with E-state index in [0.717, 1.165) is 0 Å². The van der Waals surface area contributed by atoms with Crippen molar-refractivity contribution in [3.63, 3.8) is 0 Å². The molecule has 2 aromatic heterocycles. The number of nitrogens with zero attached hydrogens (tertiary/aromatic N) is 4. The Morgan fingerprint density at radius 3 is 1.67 bits per heavy atom. The van der Waals surface area contributed by atoms with Crippen molar-refractivity contribution in [2.45, 2.75) is 0 Å². The van der Waals surface area contributed by atoms with E-state index in [2.05, 4.69) is 9.97 Å². The summed E-state index contributed by atoms with van der Waals surface area (Å²) in [6.45, 7) is 0. The number of aromatic nitrogens is 4. The van der Waals surface area contributed by atoms with Gasteiger partial charge >= 0.3 is 8.88 Å². The highest BCUT2D eigenvalue weighted by Crippen LogP contribution is 2.11. The predicted molar refractivity (Wildman–Crippen MR) is 55.0 cm³/mol. The first-order chi connectivity index (χ1) is 7.33. The molecule has 0 aliphatic heterocycles. The Kier molecular flexibility index (Phi) is 2.67. The lowest BCUT2D eigenvalue weighted by molar-refractivity contribution is 0.219. The molecular formula is C8H12N4O2Si.